The lowest BCUT2D eigenvalue weighted by Crippen LogP contribution is -2.67. The molecule has 0 radical (unpaired) electrons. The van der Waals surface area contributed by atoms with Crippen LogP contribution in [0.3, 0.4) is 0 Å². The standard InChI is InChI=1S/C66H72O18S/c1-43(67)72-41-55-58(78-44(2)68)60(79-45(3)69)62(80-46(4)70)65(83-55)84-59-56(73-36-48-25-13-6-14-26-48)53(40-71-35-47-23-11-5-12-24-47)81-64(61(59)75-38-50-29-17-8-18-30-50)82-54-42-77-66(85-52-33-21-10-22-34-52)63(76-39-51-31-19-9-20-32-51)57(54)74-37-49-27-15-7-16-28-49/h5-34,53-66H,35-42H2,1-4H3/t53-,54-,55-,56+,57+,58+,59+,60+,61-,62-,63-,64+,65+,66-/m1/s1. The van der Waals surface area contributed by atoms with Crippen molar-refractivity contribution in [2.75, 3.05) is 19.8 Å². The second-order valence-corrected chi connectivity index (χ2v) is 21.7. The Morgan fingerprint density at radius 2 is 0.800 bits per heavy atom. The Hall–Kier alpha value is -6.85. The van der Waals surface area contributed by atoms with Gasteiger partial charge in [0.25, 0.3) is 0 Å². The molecular weight excluding hydrogens is 1110 g/mol. The molecule has 18 nitrogen and oxygen atoms in total. The van der Waals surface area contributed by atoms with Gasteiger partial charge in [0.15, 0.2) is 30.9 Å². The maximum absolute atomic E-state index is 13.3. The van der Waals surface area contributed by atoms with Gasteiger partial charge in [0.2, 0.25) is 0 Å². The summed E-state index contributed by atoms with van der Waals surface area (Å²) in [5.74, 6) is -3.11. The second-order valence-electron chi connectivity index (χ2n) is 20.6. The normalized spacial score (nSPS) is 26.6. The molecule has 19 heteroatoms. The van der Waals surface area contributed by atoms with Crippen molar-refractivity contribution >= 4 is 35.6 Å². The minimum absolute atomic E-state index is 0.00521. The van der Waals surface area contributed by atoms with Crippen LogP contribution in [0.5, 0.6) is 0 Å². The van der Waals surface area contributed by atoms with Crippen molar-refractivity contribution in [3.63, 3.8) is 0 Å². The van der Waals surface area contributed by atoms with E-state index in [1.807, 2.05) is 182 Å². The zero-order valence-corrected chi connectivity index (χ0v) is 48.6. The number of carbonyl (C=O) groups excluding carboxylic acids is 4. The van der Waals surface area contributed by atoms with E-state index in [0.717, 1.165) is 53.5 Å². The van der Waals surface area contributed by atoms with Gasteiger partial charge in [0, 0.05) is 32.6 Å². The van der Waals surface area contributed by atoms with Crippen molar-refractivity contribution in [3.8, 4) is 0 Å². The van der Waals surface area contributed by atoms with E-state index in [-0.39, 0.29) is 46.2 Å². The van der Waals surface area contributed by atoms with Crippen LogP contribution in [-0.2, 0) is 119 Å². The van der Waals surface area contributed by atoms with Gasteiger partial charge in [0.05, 0.1) is 46.2 Å². The first-order valence-corrected chi connectivity index (χ1v) is 29.2. The third-order valence-electron chi connectivity index (χ3n) is 14.1. The third-order valence-corrected chi connectivity index (χ3v) is 15.2. The van der Waals surface area contributed by atoms with Gasteiger partial charge in [-0.1, -0.05) is 182 Å². The Bertz CT molecular complexity index is 2970. The van der Waals surface area contributed by atoms with Crippen LogP contribution in [0.2, 0.25) is 0 Å². The summed E-state index contributed by atoms with van der Waals surface area (Å²) in [7, 11) is 0. The van der Waals surface area contributed by atoms with Gasteiger partial charge in [-0.05, 0) is 39.9 Å². The molecular formula is C66H72O18S. The Morgan fingerprint density at radius 1 is 0.400 bits per heavy atom. The Morgan fingerprint density at radius 3 is 1.28 bits per heavy atom. The minimum Gasteiger partial charge on any atom is -0.463 e. The molecule has 85 heavy (non-hydrogen) atoms. The third kappa shape index (κ3) is 18.6. The number of rotatable bonds is 27. The maximum atomic E-state index is 13.3. The van der Waals surface area contributed by atoms with Gasteiger partial charge in [0.1, 0.15) is 60.9 Å². The van der Waals surface area contributed by atoms with Crippen molar-refractivity contribution in [1.29, 1.82) is 0 Å². The lowest BCUT2D eigenvalue weighted by Gasteiger charge is -2.50. The van der Waals surface area contributed by atoms with Gasteiger partial charge in [-0.2, -0.15) is 0 Å². The van der Waals surface area contributed by atoms with Gasteiger partial charge in [-0.3, -0.25) is 19.2 Å². The fourth-order valence-corrected chi connectivity index (χ4v) is 11.3. The minimum atomic E-state index is -1.69. The topological polar surface area (TPSA) is 198 Å². The molecule has 3 aliphatic rings. The van der Waals surface area contributed by atoms with Gasteiger partial charge in [-0.15, -0.1) is 0 Å². The predicted octanol–water partition coefficient (Wildman–Crippen LogP) is 9.27. The molecule has 0 aliphatic carbocycles. The molecule has 0 spiro atoms. The number of hydrogen-bond acceptors (Lipinski definition) is 19. The van der Waals surface area contributed by atoms with Crippen molar-refractivity contribution in [3.05, 3.63) is 210 Å². The predicted molar refractivity (Wildman–Crippen MR) is 309 cm³/mol. The van der Waals surface area contributed by atoms with E-state index in [9.17, 15) is 19.2 Å². The molecule has 6 aromatic carbocycles. The average molecular weight is 1190 g/mol. The maximum Gasteiger partial charge on any atom is 0.303 e. The monoisotopic (exact) mass is 1180 g/mol. The molecule has 3 heterocycles. The number of benzene rings is 6. The molecule has 0 saturated carbocycles. The number of ether oxygens (including phenoxy) is 14. The van der Waals surface area contributed by atoms with Crippen LogP contribution in [-0.4, -0.2) is 129 Å². The van der Waals surface area contributed by atoms with E-state index < -0.39 is 116 Å². The van der Waals surface area contributed by atoms with Crippen LogP contribution >= 0.6 is 11.8 Å². The van der Waals surface area contributed by atoms with Crippen LogP contribution < -0.4 is 0 Å². The van der Waals surface area contributed by atoms with Crippen molar-refractivity contribution < 1.29 is 85.5 Å². The number of thioether (sulfide) groups is 1. The highest BCUT2D eigenvalue weighted by Gasteiger charge is 2.58. The van der Waals surface area contributed by atoms with E-state index in [1.165, 1.54) is 18.7 Å². The quantitative estimate of drug-likeness (QED) is 0.0349. The molecule has 14 atom stereocenters. The fraction of sp³-hybridized carbons (Fsp3) is 0.394. The zero-order chi connectivity index (χ0) is 59.3. The Kier molecular flexibility index (Phi) is 23.6. The molecule has 9 rings (SSSR count). The molecule has 0 unspecified atom stereocenters. The molecule has 450 valence electrons. The lowest BCUT2D eigenvalue weighted by molar-refractivity contribution is -0.380. The summed E-state index contributed by atoms with van der Waals surface area (Å²) in [6, 6.07) is 58.1. The first kappa shape index (κ1) is 62.7. The van der Waals surface area contributed by atoms with Gasteiger partial charge in [-0.25, -0.2) is 0 Å². The molecule has 3 fully saturated rings. The van der Waals surface area contributed by atoms with Crippen molar-refractivity contribution in [1.82, 2.24) is 0 Å². The molecule has 6 aromatic rings. The van der Waals surface area contributed by atoms with E-state index in [2.05, 4.69) is 0 Å². The van der Waals surface area contributed by atoms with E-state index in [1.54, 1.807) is 0 Å². The van der Waals surface area contributed by atoms with Crippen LogP contribution in [0, 0.1) is 0 Å². The van der Waals surface area contributed by atoms with Crippen LogP contribution in [0.4, 0.5) is 0 Å². The molecule has 0 N–H and O–H groups in total. The highest BCUT2D eigenvalue weighted by atomic mass is 32.2. The average Bonchev–Trinajstić information content (AvgIpc) is 1.73. The molecule has 0 aromatic heterocycles. The largest absolute Gasteiger partial charge is 0.463 e. The van der Waals surface area contributed by atoms with E-state index in [4.69, 9.17) is 66.3 Å². The number of hydrogen-bond donors (Lipinski definition) is 0. The molecule has 3 aliphatic heterocycles. The molecule has 3 saturated heterocycles. The zero-order valence-electron chi connectivity index (χ0n) is 47.8. The highest BCUT2D eigenvalue weighted by Crippen LogP contribution is 2.40. The van der Waals surface area contributed by atoms with Crippen LogP contribution in [0.1, 0.15) is 55.5 Å². The van der Waals surface area contributed by atoms with E-state index >= 15 is 0 Å². The van der Waals surface area contributed by atoms with Crippen LogP contribution in [0.15, 0.2) is 187 Å². The summed E-state index contributed by atoms with van der Waals surface area (Å²) in [4.78, 5) is 52.6. The number of esters is 4. The van der Waals surface area contributed by atoms with E-state index in [0.29, 0.717) is 0 Å². The first-order valence-electron chi connectivity index (χ1n) is 28.3. The summed E-state index contributed by atoms with van der Waals surface area (Å²) < 4.78 is 93.0. The summed E-state index contributed by atoms with van der Waals surface area (Å²) in [6.07, 6.45) is -16.3. The summed E-state index contributed by atoms with van der Waals surface area (Å²) in [5.41, 5.74) is 3.74. The summed E-state index contributed by atoms with van der Waals surface area (Å²) in [5, 5.41) is 0. The van der Waals surface area contributed by atoms with Crippen molar-refractivity contribution in [2.45, 2.75) is 151 Å². The lowest BCUT2D eigenvalue weighted by atomic mass is 9.95. The first-order chi connectivity index (χ1) is 41.4. The highest BCUT2D eigenvalue weighted by molar-refractivity contribution is 7.99. The Labute approximate surface area is 499 Å². The van der Waals surface area contributed by atoms with Crippen molar-refractivity contribution in [2.24, 2.45) is 0 Å². The van der Waals surface area contributed by atoms with Crippen LogP contribution in [0.25, 0.3) is 0 Å². The second kappa shape index (κ2) is 32.0. The molecule has 0 bridgehead atoms. The molecule has 0 amide bonds. The van der Waals surface area contributed by atoms with Gasteiger partial charge < -0.3 is 66.3 Å². The smallest absolute Gasteiger partial charge is 0.303 e. The fourth-order valence-electron chi connectivity index (χ4n) is 10.2. The van der Waals surface area contributed by atoms with Gasteiger partial charge >= 0.3 is 23.9 Å². The summed E-state index contributed by atoms with van der Waals surface area (Å²) >= 11 is 1.51. The SMILES string of the molecule is CC(=O)OC[C@H]1O[C@@H](O[C@H]2[C@@H](OCc3ccccc3)[C@@H](COCc3ccccc3)O[C@@H](O[C@@H]3CO[C@H](Sc4ccccc4)[C@H](OCc4ccccc4)[C@H]3OCc3ccccc3)[C@@H]2OCc2ccccc2)[C@H](OC(C)=O)[C@@H](OC(C)=O)[C@H]1OC(C)=O. The Balaban J connectivity index is 1.16. The summed E-state index contributed by atoms with van der Waals surface area (Å²) in [6.45, 7) is 4.66. The number of carbonyl (C=O) groups is 4.